The van der Waals surface area contributed by atoms with E-state index in [2.05, 4.69) is 4.98 Å². The number of aliphatic carboxylic acids is 1. The Kier molecular flexibility index (Phi) is 3.64. The number of hydrogen-bond acceptors (Lipinski definition) is 4. The van der Waals surface area contributed by atoms with Crippen molar-refractivity contribution in [1.82, 2.24) is 9.88 Å². The van der Waals surface area contributed by atoms with Crippen LogP contribution < -0.4 is 0 Å². The molecule has 1 aliphatic rings. The predicted octanol–water partition coefficient (Wildman–Crippen LogP) is 1.45. The lowest BCUT2D eigenvalue weighted by Crippen LogP contribution is -2.44. The first-order valence-electron chi connectivity index (χ1n) is 6.02. The zero-order valence-electron chi connectivity index (χ0n) is 10.3. The third-order valence-electron chi connectivity index (χ3n) is 3.24. The van der Waals surface area contributed by atoms with Crippen LogP contribution in [0.15, 0.2) is 10.8 Å². The molecule has 1 unspecified atom stereocenters. The van der Waals surface area contributed by atoms with E-state index in [4.69, 9.17) is 9.52 Å². The summed E-state index contributed by atoms with van der Waals surface area (Å²) in [6.45, 7) is 2.28. The zero-order valence-corrected chi connectivity index (χ0v) is 10.3. The molecule has 0 saturated carbocycles. The van der Waals surface area contributed by atoms with Gasteiger partial charge in [-0.05, 0) is 26.2 Å². The molecule has 6 nitrogen and oxygen atoms in total. The highest BCUT2D eigenvalue weighted by Crippen LogP contribution is 2.22. The lowest BCUT2D eigenvalue weighted by molar-refractivity contribution is -0.138. The van der Waals surface area contributed by atoms with Gasteiger partial charge in [-0.1, -0.05) is 0 Å². The van der Waals surface area contributed by atoms with Gasteiger partial charge in [-0.15, -0.1) is 0 Å². The highest BCUT2D eigenvalue weighted by Gasteiger charge is 2.31. The number of piperidine rings is 1. The Morgan fingerprint density at radius 2 is 2.33 bits per heavy atom. The maximum atomic E-state index is 12.3. The van der Waals surface area contributed by atoms with Gasteiger partial charge in [0.05, 0.1) is 12.1 Å². The van der Waals surface area contributed by atoms with Crippen LogP contribution in [-0.4, -0.2) is 39.5 Å². The van der Waals surface area contributed by atoms with Gasteiger partial charge in [0.15, 0.2) is 6.39 Å². The number of carboxylic acids is 1. The largest absolute Gasteiger partial charge is 0.481 e. The van der Waals surface area contributed by atoms with Crippen LogP contribution in [0.4, 0.5) is 0 Å². The fourth-order valence-electron chi connectivity index (χ4n) is 2.32. The van der Waals surface area contributed by atoms with Crippen molar-refractivity contribution in [2.45, 2.75) is 38.6 Å². The molecule has 2 heterocycles. The molecule has 1 aliphatic heterocycles. The normalized spacial score (nSPS) is 19.8. The standard InChI is InChI=1S/C12H16N2O4/c1-8-11(18-7-13-8)12(17)14-5-3-2-4-9(14)6-10(15)16/h7,9H,2-6H2,1H3,(H,15,16). The Hall–Kier alpha value is -1.85. The van der Waals surface area contributed by atoms with Crippen molar-refractivity contribution < 1.29 is 19.1 Å². The highest BCUT2D eigenvalue weighted by molar-refractivity contribution is 5.93. The topological polar surface area (TPSA) is 83.6 Å². The number of hydrogen-bond donors (Lipinski definition) is 1. The third-order valence-corrected chi connectivity index (χ3v) is 3.24. The summed E-state index contributed by atoms with van der Waals surface area (Å²) in [5.74, 6) is -0.919. The van der Waals surface area contributed by atoms with Crippen molar-refractivity contribution in [3.8, 4) is 0 Å². The van der Waals surface area contributed by atoms with E-state index in [-0.39, 0.29) is 24.1 Å². The first-order chi connectivity index (χ1) is 8.59. The second-order valence-corrected chi connectivity index (χ2v) is 4.51. The minimum Gasteiger partial charge on any atom is -0.481 e. The molecule has 18 heavy (non-hydrogen) atoms. The number of aryl methyl sites for hydroxylation is 1. The zero-order chi connectivity index (χ0) is 13.1. The van der Waals surface area contributed by atoms with Crippen LogP contribution in [0, 0.1) is 6.92 Å². The van der Waals surface area contributed by atoms with Gasteiger partial charge in [0.2, 0.25) is 5.76 Å². The molecule has 1 atom stereocenters. The van der Waals surface area contributed by atoms with Gasteiger partial charge >= 0.3 is 5.97 Å². The summed E-state index contributed by atoms with van der Waals surface area (Å²) in [7, 11) is 0. The van der Waals surface area contributed by atoms with Gasteiger partial charge in [0, 0.05) is 12.6 Å². The number of rotatable bonds is 3. The second kappa shape index (κ2) is 5.20. The van der Waals surface area contributed by atoms with E-state index in [9.17, 15) is 9.59 Å². The Balaban J connectivity index is 2.16. The minimum absolute atomic E-state index is 0.0150. The molecule has 0 bridgehead atoms. The molecule has 0 aliphatic carbocycles. The van der Waals surface area contributed by atoms with Crippen LogP contribution in [0.3, 0.4) is 0 Å². The maximum absolute atomic E-state index is 12.3. The summed E-state index contributed by atoms with van der Waals surface area (Å²) in [6, 6.07) is -0.242. The Morgan fingerprint density at radius 1 is 1.56 bits per heavy atom. The summed E-state index contributed by atoms with van der Waals surface area (Å²) >= 11 is 0. The number of aromatic nitrogens is 1. The lowest BCUT2D eigenvalue weighted by atomic mass is 9.99. The molecule has 1 fully saturated rings. The molecule has 2 rings (SSSR count). The second-order valence-electron chi connectivity index (χ2n) is 4.51. The van der Waals surface area contributed by atoms with E-state index < -0.39 is 5.97 Å². The van der Waals surface area contributed by atoms with Gasteiger partial charge in [0.25, 0.3) is 5.91 Å². The smallest absolute Gasteiger partial charge is 0.305 e. The minimum atomic E-state index is -0.881. The monoisotopic (exact) mass is 252 g/mol. The summed E-state index contributed by atoms with van der Waals surface area (Å²) in [5.41, 5.74) is 0.541. The van der Waals surface area contributed by atoms with E-state index in [1.165, 1.54) is 6.39 Å². The summed E-state index contributed by atoms with van der Waals surface area (Å²) < 4.78 is 5.08. The van der Waals surface area contributed by atoms with Gasteiger partial charge in [-0.2, -0.15) is 0 Å². The van der Waals surface area contributed by atoms with Crippen LogP contribution in [0.1, 0.15) is 41.9 Å². The molecule has 1 aromatic rings. The first-order valence-corrected chi connectivity index (χ1v) is 6.02. The molecule has 1 aromatic heterocycles. The van der Waals surface area contributed by atoms with Gasteiger partial charge in [-0.3, -0.25) is 9.59 Å². The van der Waals surface area contributed by atoms with Gasteiger partial charge in [0.1, 0.15) is 0 Å². The fourth-order valence-corrected chi connectivity index (χ4v) is 2.32. The van der Waals surface area contributed by atoms with E-state index in [0.29, 0.717) is 12.2 Å². The van der Waals surface area contributed by atoms with Crippen LogP contribution in [0.25, 0.3) is 0 Å². The van der Waals surface area contributed by atoms with Crippen molar-refractivity contribution in [1.29, 1.82) is 0 Å². The summed E-state index contributed by atoms with van der Waals surface area (Å²) in [6.07, 6.45) is 3.80. The molecule has 1 amide bonds. The molecular formula is C12H16N2O4. The van der Waals surface area contributed by atoms with Crippen LogP contribution >= 0.6 is 0 Å². The van der Waals surface area contributed by atoms with E-state index in [1.54, 1.807) is 11.8 Å². The fraction of sp³-hybridized carbons (Fsp3) is 0.583. The van der Waals surface area contributed by atoms with Gasteiger partial charge < -0.3 is 14.4 Å². The number of nitrogens with zero attached hydrogens (tertiary/aromatic N) is 2. The van der Waals surface area contributed by atoms with Crippen molar-refractivity contribution in [3.05, 3.63) is 17.8 Å². The Morgan fingerprint density at radius 3 is 2.94 bits per heavy atom. The molecule has 98 valence electrons. The number of carbonyl (C=O) groups is 2. The number of carbonyl (C=O) groups excluding carboxylic acids is 1. The molecular weight excluding hydrogens is 236 g/mol. The van der Waals surface area contributed by atoms with E-state index in [0.717, 1.165) is 19.3 Å². The quantitative estimate of drug-likeness (QED) is 0.880. The molecule has 0 radical (unpaired) electrons. The van der Waals surface area contributed by atoms with Crippen LogP contribution in [-0.2, 0) is 4.79 Å². The average molecular weight is 252 g/mol. The number of likely N-dealkylation sites (tertiary alicyclic amines) is 1. The van der Waals surface area contributed by atoms with Crippen molar-refractivity contribution in [2.24, 2.45) is 0 Å². The molecule has 0 aromatic carbocycles. The summed E-state index contributed by atoms with van der Waals surface area (Å²) in [4.78, 5) is 28.6. The van der Waals surface area contributed by atoms with Crippen molar-refractivity contribution in [2.75, 3.05) is 6.54 Å². The Bertz CT molecular complexity index is 455. The molecule has 6 heteroatoms. The summed E-state index contributed by atoms with van der Waals surface area (Å²) in [5, 5.41) is 8.88. The molecule has 1 saturated heterocycles. The Labute approximate surface area is 105 Å². The highest BCUT2D eigenvalue weighted by atomic mass is 16.4. The van der Waals surface area contributed by atoms with E-state index >= 15 is 0 Å². The predicted molar refractivity (Wildman–Crippen MR) is 62.2 cm³/mol. The van der Waals surface area contributed by atoms with Crippen molar-refractivity contribution >= 4 is 11.9 Å². The maximum Gasteiger partial charge on any atom is 0.305 e. The van der Waals surface area contributed by atoms with Crippen LogP contribution in [0.2, 0.25) is 0 Å². The number of oxazole rings is 1. The van der Waals surface area contributed by atoms with Crippen molar-refractivity contribution in [3.63, 3.8) is 0 Å². The number of carboxylic acid groups (broad SMARTS) is 1. The SMILES string of the molecule is Cc1ncoc1C(=O)N1CCCCC1CC(=O)O. The lowest BCUT2D eigenvalue weighted by Gasteiger charge is -2.34. The van der Waals surface area contributed by atoms with Crippen LogP contribution in [0.5, 0.6) is 0 Å². The molecule has 0 spiro atoms. The third kappa shape index (κ3) is 2.52. The van der Waals surface area contributed by atoms with Gasteiger partial charge in [-0.25, -0.2) is 4.98 Å². The first kappa shape index (κ1) is 12.6. The average Bonchev–Trinajstić information content (AvgIpc) is 2.74. The van der Waals surface area contributed by atoms with E-state index in [1.807, 2.05) is 0 Å². The number of amides is 1. The molecule has 1 N–H and O–H groups in total.